The highest BCUT2D eigenvalue weighted by atomic mass is 16.6. The van der Waals surface area contributed by atoms with Crippen LogP contribution in [0.4, 0.5) is 4.79 Å². The Morgan fingerprint density at radius 2 is 2.25 bits per heavy atom. The van der Waals surface area contributed by atoms with E-state index in [0.29, 0.717) is 19.5 Å². The zero-order chi connectivity index (χ0) is 12.3. The van der Waals surface area contributed by atoms with Gasteiger partial charge in [-0.15, -0.1) is 0 Å². The number of ether oxygens (including phenoxy) is 1. The summed E-state index contributed by atoms with van der Waals surface area (Å²) in [7, 11) is 0. The molecule has 1 aliphatic heterocycles. The SMILES string of the molecule is [C-]#[N+]C[C@H]1C[C@@H](N)CN1C(=O)OC(C)(C)C. The van der Waals surface area contributed by atoms with Crippen molar-refractivity contribution in [1.82, 2.24) is 4.90 Å². The van der Waals surface area contributed by atoms with Gasteiger partial charge in [0.05, 0.1) is 0 Å². The lowest BCUT2D eigenvalue weighted by Crippen LogP contribution is -2.41. The molecule has 5 nitrogen and oxygen atoms in total. The lowest BCUT2D eigenvalue weighted by molar-refractivity contribution is 0.0235. The molecule has 1 aliphatic rings. The fraction of sp³-hybridized carbons (Fsp3) is 0.818. The second-order valence-corrected chi connectivity index (χ2v) is 5.12. The van der Waals surface area contributed by atoms with E-state index in [9.17, 15) is 4.79 Å². The molecule has 1 saturated heterocycles. The van der Waals surface area contributed by atoms with Gasteiger partial charge < -0.3 is 15.3 Å². The van der Waals surface area contributed by atoms with Gasteiger partial charge in [-0.2, -0.15) is 0 Å². The number of hydrogen-bond acceptors (Lipinski definition) is 3. The highest BCUT2D eigenvalue weighted by Crippen LogP contribution is 2.20. The van der Waals surface area contributed by atoms with Crippen molar-refractivity contribution in [3.8, 4) is 0 Å². The molecule has 0 aromatic carbocycles. The van der Waals surface area contributed by atoms with Crippen molar-refractivity contribution < 1.29 is 9.53 Å². The summed E-state index contributed by atoms with van der Waals surface area (Å²) in [6.45, 7) is 13.1. The highest BCUT2D eigenvalue weighted by molar-refractivity contribution is 5.69. The van der Waals surface area contributed by atoms with Crippen molar-refractivity contribution in [2.75, 3.05) is 13.1 Å². The predicted molar refractivity (Wildman–Crippen MR) is 60.8 cm³/mol. The molecule has 0 saturated carbocycles. The summed E-state index contributed by atoms with van der Waals surface area (Å²) >= 11 is 0. The average Bonchev–Trinajstić information content (AvgIpc) is 2.44. The first-order valence-corrected chi connectivity index (χ1v) is 5.42. The molecule has 16 heavy (non-hydrogen) atoms. The minimum absolute atomic E-state index is 0.0423. The topological polar surface area (TPSA) is 59.9 Å². The Morgan fingerprint density at radius 1 is 1.62 bits per heavy atom. The van der Waals surface area contributed by atoms with Crippen LogP contribution < -0.4 is 5.73 Å². The van der Waals surface area contributed by atoms with Crippen LogP contribution in [0.5, 0.6) is 0 Å². The number of carbonyl (C=O) groups excluding carboxylic acids is 1. The van der Waals surface area contributed by atoms with Gasteiger partial charge in [0.2, 0.25) is 6.54 Å². The molecule has 0 aromatic rings. The molecule has 0 unspecified atom stereocenters. The third-order valence-electron chi connectivity index (χ3n) is 2.38. The van der Waals surface area contributed by atoms with Gasteiger partial charge in [-0.1, -0.05) is 0 Å². The number of carbonyl (C=O) groups is 1. The van der Waals surface area contributed by atoms with Gasteiger partial charge in [-0.05, 0) is 27.2 Å². The molecule has 0 bridgehead atoms. The van der Waals surface area contributed by atoms with Gasteiger partial charge in [-0.25, -0.2) is 11.4 Å². The molecule has 1 fully saturated rings. The van der Waals surface area contributed by atoms with Crippen LogP contribution in [-0.2, 0) is 4.74 Å². The quantitative estimate of drug-likeness (QED) is 0.683. The van der Waals surface area contributed by atoms with Crippen molar-refractivity contribution in [3.05, 3.63) is 11.4 Å². The molecule has 2 atom stereocenters. The summed E-state index contributed by atoms with van der Waals surface area (Å²) in [5.41, 5.74) is 5.29. The predicted octanol–water partition coefficient (Wildman–Crippen LogP) is 1.24. The van der Waals surface area contributed by atoms with Crippen molar-refractivity contribution in [1.29, 1.82) is 0 Å². The van der Waals surface area contributed by atoms with Gasteiger partial charge in [0.15, 0.2) is 0 Å². The molecule has 1 heterocycles. The van der Waals surface area contributed by atoms with Crippen LogP contribution in [0, 0.1) is 6.57 Å². The van der Waals surface area contributed by atoms with Crippen LogP contribution in [0.15, 0.2) is 0 Å². The average molecular weight is 225 g/mol. The molecular formula is C11H19N3O2. The van der Waals surface area contributed by atoms with Gasteiger partial charge in [0.1, 0.15) is 11.6 Å². The smallest absolute Gasteiger partial charge is 0.410 e. The maximum absolute atomic E-state index is 11.8. The summed E-state index contributed by atoms with van der Waals surface area (Å²) in [6, 6.07) is -0.137. The zero-order valence-electron chi connectivity index (χ0n) is 10.1. The molecule has 1 rings (SSSR count). The van der Waals surface area contributed by atoms with Crippen molar-refractivity contribution in [2.24, 2.45) is 5.73 Å². The van der Waals surface area contributed by atoms with Crippen LogP contribution in [0.1, 0.15) is 27.2 Å². The number of rotatable bonds is 1. The molecule has 1 amide bonds. The largest absolute Gasteiger partial charge is 0.444 e. The van der Waals surface area contributed by atoms with Gasteiger partial charge in [0.25, 0.3) is 0 Å². The third-order valence-corrected chi connectivity index (χ3v) is 2.38. The second-order valence-electron chi connectivity index (χ2n) is 5.12. The van der Waals surface area contributed by atoms with Crippen LogP contribution in [0.2, 0.25) is 0 Å². The molecule has 0 aromatic heterocycles. The summed E-state index contributed by atoms with van der Waals surface area (Å²) in [4.78, 5) is 16.7. The number of nitrogens with zero attached hydrogens (tertiary/aromatic N) is 2. The Kier molecular flexibility index (Phi) is 3.76. The molecule has 0 radical (unpaired) electrons. The Labute approximate surface area is 96.4 Å². The molecule has 0 aliphatic carbocycles. The summed E-state index contributed by atoms with van der Waals surface area (Å²) < 4.78 is 5.28. The van der Waals surface area contributed by atoms with E-state index in [1.54, 1.807) is 4.90 Å². The Balaban J connectivity index is 2.64. The van der Waals surface area contributed by atoms with Crippen molar-refractivity contribution >= 4 is 6.09 Å². The number of likely N-dealkylation sites (tertiary alicyclic amines) is 1. The van der Waals surface area contributed by atoms with Gasteiger partial charge in [-0.3, -0.25) is 4.90 Å². The zero-order valence-corrected chi connectivity index (χ0v) is 10.1. The van der Waals surface area contributed by atoms with Crippen molar-refractivity contribution in [3.63, 3.8) is 0 Å². The van der Waals surface area contributed by atoms with Gasteiger partial charge in [0, 0.05) is 12.6 Å². The van der Waals surface area contributed by atoms with Crippen LogP contribution in [0.25, 0.3) is 4.85 Å². The first-order chi connectivity index (χ1) is 7.33. The van der Waals surface area contributed by atoms with E-state index in [-0.39, 0.29) is 18.2 Å². The number of hydrogen-bond donors (Lipinski definition) is 1. The second kappa shape index (κ2) is 4.71. The highest BCUT2D eigenvalue weighted by Gasteiger charge is 2.37. The van der Waals surface area contributed by atoms with Crippen molar-refractivity contribution in [2.45, 2.75) is 44.9 Å². The minimum Gasteiger partial charge on any atom is -0.444 e. The van der Waals surface area contributed by atoms with E-state index < -0.39 is 5.60 Å². The van der Waals surface area contributed by atoms with E-state index in [0.717, 1.165) is 0 Å². The minimum atomic E-state index is -0.508. The monoisotopic (exact) mass is 225 g/mol. The van der Waals surface area contributed by atoms with E-state index in [1.165, 1.54) is 0 Å². The van der Waals surface area contributed by atoms with E-state index in [1.807, 2.05) is 20.8 Å². The molecule has 90 valence electrons. The Morgan fingerprint density at radius 3 is 2.75 bits per heavy atom. The summed E-state index contributed by atoms with van der Waals surface area (Å²) in [5, 5.41) is 0. The fourth-order valence-corrected chi connectivity index (χ4v) is 1.78. The standard InChI is InChI=1S/C11H19N3O2/c1-11(2,3)16-10(15)14-7-8(12)5-9(14)6-13-4/h8-9H,5-7,12H2,1-3H3/t8-,9-/m1/s1. The van der Waals surface area contributed by atoms with E-state index in [2.05, 4.69) is 4.85 Å². The first-order valence-electron chi connectivity index (χ1n) is 5.42. The first kappa shape index (κ1) is 12.8. The lowest BCUT2D eigenvalue weighted by atomic mass is 10.2. The molecule has 2 N–H and O–H groups in total. The third kappa shape index (κ3) is 3.38. The Hall–Kier alpha value is -1.28. The summed E-state index contributed by atoms with van der Waals surface area (Å²) in [6.07, 6.45) is 0.316. The molecule has 0 spiro atoms. The van der Waals surface area contributed by atoms with E-state index >= 15 is 0 Å². The van der Waals surface area contributed by atoms with E-state index in [4.69, 9.17) is 17.0 Å². The molecule has 5 heteroatoms. The van der Waals surface area contributed by atoms with Crippen LogP contribution in [-0.4, -0.2) is 41.8 Å². The van der Waals surface area contributed by atoms with Crippen LogP contribution in [0.3, 0.4) is 0 Å². The normalized spacial score (nSPS) is 25.3. The number of nitrogens with two attached hydrogens (primary N) is 1. The fourth-order valence-electron chi connectivity index (χ4n) is 1.78. The van der Waals surface area contributed by atoms with Gasteiger partial charge >= 0.3 is 6.09 Å². The Bertz CT molecular complexity index is 303. The van der Waals surface area contributed by atoms with Crippen LogP contribution >= 0.6 is 0 Å². The maximum atomic E-state index is 11.8. The maximum Gasteiger partial charge on any atom is 0.410 e. The number of amides is 1. The summed E-state index contributed by atoms with van der Waals surface area (Å²) in [5.74, 6) is 0. The molecular weight excluding hydrogens is 206 g/mol. The lowest BCUT2D eigenvalue weighted by Gasteiger charge is -2.26.